The zero-order valence-corrected chi connectivity index (χ0v) is 12.9. The van der Waals surface area contributed by atoms with Crippen LogP contribution in [0.25, 0.3) is 10.2 Å². The Kier molecular flexibility index (Phi) is 3.41. The molecule has 0 atom stereocenters. The van der Waals surface area contributed by atoms with Crippen LogP contribution in [0.3, 0.4) is 0 Å². The summed E-state index contributed by atoms with van der Waals surface area (Å²) < 4.78 is 2.21. The van der Waals surface area contributed by atoms with Crippen LogP contribution < -0.4 is 5.32 Å². The van der Waals surface area contributed by atoms with Gasteiger partial charge in [-0.2, -0.15) is 0 Å². The number of nitrogens with zero attached hydrogens (tertiary/aromatic N) is 1. The van der Waals surface area contributed by atoms with Crippen LogP contribution in [0.2, 0.25) is 5.02 Å². The Hall–Kier alpha value is -0.850. The number of fused-ring (bicyclic) bond motifs is 1. The van der Waals surface area contributed by atoms with Crippen LogP contribution in [0.4, 0.5) is 10.8 Å². The number of thiazole rings is 1. The molecule has 5 heteroatoms. The third kappa shape index (κ3) is 2.46. The maximum atomic E-state index is 6.14. The molecule has 0 saturated carbocycles. The SMILES string of the molecule is Clc1cccc2nc(Nc3cccc(I)c3)sc12. The fourth-order valence-corrected chi connectivity index (χ4v) is 3.38. The van der Waals surface area contributed by atoms with Gasteiger partial charge in [0, 0.05) is 9.26 Å². The lowest BCUT2D eigenvalue weighted by Crippen LogP contribution is -1.88. The van der Waals surface area contributed by atoms with Crippen molar-refractivity contribution in [3.63, 3.8) is 0 Å². The number of rotatable bonds is 2. The molecule has 0 bridgehead atoms. The molecule has 3 rings (SSSR count). The Morgan fingerprint density at radius 2 is 2.00 bits per heavy atom. The second-order valence-corrected chi connectivity index (χ2v) is 6.39. The van der Waals surface area contributed by atoms with Gasteiger partial charge >= 0.3 is 0 Å². The molecular formula is C13H8ClIN2S. The normalized spacial score (nSPS) is 10.8. The van der Waals surface area contributed by atoms with E-state index >= 15 is 0 Å². The van der Waals surface area contributed by atoms with E-state index in [4.69, 9.17) is 11.6 Å². The summed E-state index contributed by atoms with van der Waals surface area (Å²) in [5.41, 5.74) is 1.97. The maximum Gasteiger partial charge on any atom is 0.188 e. The summed E-state index contributed by atoms with van der Waals surface area (Å²) in [5.74, 6) is 0. The summed E-state index contributed by atoms with van der Waals surface area (Å²) in [6.45, 7) is 0. The standard InChI is InChI=1S/C13H8ClIN2S/c14-10-5-2-6-11-12(10)18-13(17-11)16-9-4-1-3-8(15)7-9/h1-7H,(H,16,17). The maximum absolute atomic E-state index is 6.14. The first kappa shape index (κ1) is 12.2. The van der Waals surface area contributed by atoms with E-state index in [0.29, 0.717) is 0 Å². The van der Waals surface area contributed by atoms with E-state index in [0.717, 1.165) is 26.1 Å². The number of hydrogen-bond acceptors (Lipinski definition) is 3. The summed E-state index contributed by atoms with van der Waals surface area (Å²) in [6.07, 6.45) is 0. The number of nitrogens with one attached hydrogen (secondary N) is 1. The largest absolute Gasteiger partial charge is 0.331 e. The van der Waals surface area contributed by atoms with E-state index in [-0.39, 0.29) is 0 Å². The quantitative estimate of drug-likeness (QED) is 0.605. The molecule has 0 fully saturated rings. The molecule has 0 aliphatic heterocycles. The molecular weight excluding hydrogens is 379 g/mol. The third-order valence-electron chi connectivity index (χ3n) is 2.44. The number of hydrogen-bond donors (Lipinski definition) is 1. The Morgan fingerprint density at radius 1 is 1.17 bits per heavy atom. The van der Waals surface area contributed by atoms with Gasteiger partial charge in [0.1, 0.15) is 0 Å². The van der Waals surface area contributed by atoms with Crippen LogP contribution in [-0.4, -0.2) is 4.98 Å². The highest BCUT2D eigenvalue weighted by atomic mass is 127. The molecule has 18 heavy (non-hydrogen) atoms. The molecule has 0 unspecified atom stereocenters. The second-order valence-electron chi connectivity index (χ2n) is 3.74. The van der Waals surface area contributed by atoms with E-state index in [1.807, 2.05) is 30.3 Å². The minimum atomic E-state index is 0.751. The van der Waals surface area contributed by atoms with Gasteiger partial charge in [0.15, 0.2) is 5.13 Å². The Bertz CT molecular complexity index is 711. The van der Waals surface area contributed by atoms with Crippen molar-refractivity contribution in [2.24, 2.45) is 0 Å². The fourth-order valence-electron chi connectivity index (χ4n) is 1.66. The van der Waals surface area contributed by atoms with E-state index in [1.54, 1.807) is 11.3 Å². The van der Waals surface area contributed by atoms with Gasteiger partial charge in [-0.25, -0.2) is 4.98 Å². The minimum Gasteiger partial charge on any atom is -0.331 e. The Labute approximate surface area is 127 Å². The van der Waals surface area contributed by atoms with Crippen LogP contribution in [0.15, 0.2) is 42.5 Å². The van der Waals surface area contributed by atoms with Crippen molar-refractivity contribution in [3.8, 4) is 0 Å². The Balaban J connectivity index is 1.98. The van der Waals surface area contributed by atoms with Gasteiger partial charge in [0.25, 0.3) is 0 Å². The first-order valence-electron chi connectivity index (χ1n) is 5.30. The summed E-state index contributed by atoms with van der Waals surface area (Å²) in [6, 6.07) is 13.9. The molecule has 0 spiro atoms. The van der Waals surface area contributed by atoms with Gasteiger partial charge in [-0.15, -0.1) is 0 Å². The first-order chi connectivity index (χ1) is 8.72. The predicted octanol–water partition coefficient (Wildman–Crippen LogP) is 5.30. The fraction of sp³-hybridized carbons (Fsp3) is 0. The van der Waals surface area contributed by atoms with Crippen molar-refractivity contribution in [1.29, 1.82) is 0 Å². The molecule has 0 saturated heterocycles. The average Bonchev–Trinajstić information content (AvgIpc) is 2.73. The monoisotopic (exact) mass is 386 g/mol. The molecule has 0 radical (unpaired) electrons. The molecule has 2 aromatic carbocycles. The molecule has 3 aromatic rings. The highest BCUT2D eigenvalue weighted by molar-refractivity contribution is 14.1. The topological polar surface area (TPSA) is 24.9 Å². The number of aromatic nitrogens is 1. The molecule has 0 aliphatic carbocycles. The first-order valence-corrected chi connectivity index (χ1v) is 7.57. The van der Waals surface area contributed by atoms with Gasteiger partial charge in [0.2, 0.25) is 0 Å². The molecule has 0 amide bonds. The van der Waals surface area contributed by atoms with E-state index < -0.39 is 0 Å². The predicted molar refractivity (Wildman–Crippen MR) is 87.1 cm³/mol. The highest BCUT2D eigenvalue weighted by Gasteiger charge is 2.06. The van der Waals surface area contributed by atoms with Gasteiger partial charge in [-0.3, -0.25) is 0 Å². The molecule has 0 aliphatic rings. The van der Waals surface area contributed by atoms with E-state index in [2.05, 4.69) is 45.0 Å². The summed E-state index contributed by atoms with van der Waals surface area (Å²) in [4.78, 5) is 4.52. The van der Waals surface area contributed by atoms with Crippen molar-refractivity contribution in [1.82, 2.24) is 4.98 Å². The smallest absolute Gasteiger partial charge is 0.188 e. The molecule has 1 aromatic heterocycles. The number of halogens is 2. The van der Waals surface area contributed by atoms with E-state index in [9.17, 15) is 0 Å². The van der Waals surface area contributed by atoms with Crippen molar-refractivity contribution in [2.45, 2.75) is 0 Å². The van der Waals surface area contributed by atoms with Crippen molar-refractivity contribution < 1.29 is 0 Å². The summed E-state index contributed by atoms with van der Waals surface area (Å²) in [5, 5.41) is 4.92. The zero-order chi connectivity index (χ0) is 12.5. The van der Waals surface area contributed by atoms with Crippen LogP contribution in [0, 0.1) is 3.57 Å². The van der Waals surface area contributed by atoms with Gasteiger partial charge in [-0.05, 0) is 52.9 Å². The summed E-state index contributed by atoms with van der Waals surface area (Å²) >= 11 is 10.00. The number of benzene rings is 2. The zero-order valence-electron chi connectivity index (χ0n) is 9.15. The van der Waals surface area contributed by atoms with Crippen LogP contribution >= 0.6 is 45.5 Å². The Morgan fingerprint density at radius 3 is 2.78 bits per heavy atom. The van der Waals surface area contributed by atoms with E-state index in [1.165, 1.54) is 3.57 Å². The van der Waals surface area contributed by atoms with Gasteiger partial charge in [-0.1, -0.05) is 35.1 Å². The minimum absolute atomic E-state index is 0.751. The summed E-state index contributed by atoms with van der Waals surface area (Å²) in [7, 11) is 0. The lowest BCUT2D eigenvalue weighted by atomic mass is 10.3. The molecule has 1 heterocycles. The number of anilines is 2. The average molecular weight is 387 g/mol. The van der Waals surface area contributed by atoms with Crippen LogP contribution in [0.1, 0.15) is 0 Å². The van der Waals surface area contributed by atoms with Crippen molar-refractivity contribution in [3.05, 3.63) is 51.1 Å². The highest BCUT2D eigenvalue weighted by Crippen LogP contribution is 2.33. The van der Waals surface area contributed by atoms with Crippen LogP contribution in [0.5, 0.6) is 0 Å². The van der Waals surface area contributed by atoms with Crippen molar-refractivity contribution in [2.75, 3.05) is 5.32 Å². The lowest BCUT2D eigenvalue weighted by Gasteiger charge is -2.01. The van der Waals surface area contributed by atoms with Gasteiger partial charge in [0.05, 0.1) is 15.2 Å². The van der Waals surface area contributed by atoms with Crippen LogP contribution in [-0.2, 0) is 0 Å². The molecule has 1 N–H and O–H groups in total. The second kappa shape index (κ2) is 5.03. The molecule has 90 valence electrons. The van der Waals surface area contributed by atoms with Crippen molar-refractivity contribution >= 4 is 66.6 Å². The lowest BCUT2D eigenvalue weighted by molar-refractivity contribution is 1.44. The molecule has 2 nitrogen and oxygen atoms in total. The van der Waals surface area contributed by atoms with Gasteiger partial charge < -0.3 is 5.32 Å². The third-order valence-corrected chi connectivity index (χ3v) is 4.56.